The van der Waals surface area contributed by atoms with Crippen molar-refractivity contribution in [3.63, 3.8) is 0 Å². The molecule has 3 fully saturated rings. The van der Waals surface area contributed by atoms with Crippen LogP contribution in [0.2, 0.25) is 0 Å². The van der Waals surface area contributed by atoms with Crippen LogP contribution >= 0.6 is 0 Å². The summed E-state index contributed by atoms with van der Waals surface area (Å²) in [6, 6.07) is 0. The Morgan fingerprint density at radius 3 is 1.29 bits per heavy atom. The maximum atomic E-state index is 10.1. The monoisotopic (exact) mass is 298 g/mol. The number of aliphatic hydroxyl groups excluding tert-OH is 2. The topological polar surface area (TPSA) is 58.9 Å². The van der Waals surface area contributed by atoms with E-state index in [-0.39, 0.29) is 36.6 Å². The van der Waals surface area contributed by atoms with Gasteiger partial charge in [-0.1, -0.05) is 25.7 Å². The van der Waals surface area contributed by atoms with Crippen LogP contribution in [0, 0.1) is 0 Å². The molecule has 0 radical (unpaired) electrons. The first-order chi connectivity index (χ1) is 10.2. The molecule has 3 aliphatic rings. The lowest BCUT2D eigenvalue weighted by Gasteiger charge is -2.35. The molecule has 2 N–H and O–H groups in total. The Kier molecular flexibility index (Phi) is 5.54. The Morgan fingerprint density at radius 2 is 0.857 bits per heavy atom. The second kappa shape index (κ2) is 7.40. The van der Waals surface area contributed by atoms with Crippen LogP contribution in [0.3, 0.4) is 0 Å². The molecule has 0 bridgehead atoms. The third kappa shape index (κ3) is 3.98. The maximum Gasteiger partial charge on any atom is 0.0841 e. The van der Waals surface area contributed by atoms with Gasteiger partial charge in [0.1, 0.15) is 0 Å². The zero-order valence-corrected chi connectivity index (χ0v) is 13.0. The molecule has 4 heteroatoms. The van der Waals surface area contributed by atoms with Crippen molar-refractivity contribution in [3.8, 4) is 0 Å². The van der Waals surface area contributed by atoms with Crippen molar-refractivity contribution >= 4 is 0 Å². The van der Waals surface area contributed by atoms with Crippen molar-refractivity contribution in [2.75, 3.05) is 0 Å². The lowest BCUT2D eigenvalue weighted by atomic mass is 9.94. The summed E-state index contributed by atoms with van der Waals surface area (Å²) in [4.78, 5) is 0. The van der Waals surface area contributed by atoms with Crippen molar-refractivity contribution in [2.24, 2.45) is 0 Å². The fraction of sp³-hybridized carbons (Fsp3) is 1.00. The van der Waals surface area contributed by atoms with Crippen LogP contribution in [0.25, 0.3) is 0 Å². The van der Waals surface area contributed by atoms with E-state index in [9.17, 15) is 10.2 Å². The molecule has 21 heavy (non-hydrogen) atoms. The highest BCUT2D eigenvalue weighted by molar-refractivity contribution is 4.86. The molecule has 0 aromatic heterocycles. The molecule has 6 unspecified atom stereocenters. The van der Waals surface area contributed by atoms with Crippen molar-refractivity contribution in [1.82, 2.24) is 0 Å². The number of aliphatic hydroxyl groups is 2. The van der Waals surface area contributed by atoms with E-state index in [0.29, 0.717) is 0 Å². The molecule has 4 nitrogen and oxygen atoms in total. The summed E-state index contributed by atoms with van der Waals surface area (Å²) in [5.41, 5.74) is 0. The zero-order chi connectivity index (χ0) is 14.7. The Morgan fingerprint density at radius 1 is 0.476 bits per heavy atom. The quantitative estimate of drug-likeness (QED) is 0.837. The summed E-state index contributed by atoms with van der Waals surface area (Å²) >= 11 is 0. The van der Waals surface area contributed by atoms with Gasteiger partial charge in [-0.3, -0.25) is 0 Å². The highest BCUT2D eigenvalue weighted by Crippen LogP contribution is 2.33. The van der Waals surface area contributed by atoms with E-state index in [4.69, 9.17) is 9.47 Å². The smallest absolute Gasteiger partial charge is 0.0841 e. The van der Waals surface area contributed by atoms with Crippen molar-refractivity contribution in [3.05, 3.63) is 0 Å². The Hall–Kier alpha value is -0.160. The average Bonchev–Trinajstić information content (AvgIpc) is 2.91. The van der Waals surface area contributed by atoms with E-state index >= 15 is 0 Å². The average molecular weight is 298 g/mol. The molecule has 3 aliphatic carbocycles. The summed E-state index contributed by atoms with van der Waals surface area (Å²) in [6.45, 7) is 0. The summed E-state index contributed by atoms with van der Waals surface area (Å²) in [5.74, 6) is 0. The third-order valence-electron chi connectivity index (χ3n) is 5.43. The second-order valence-electron chi connectivity index (χ2n) is 7.06. The van der Waals surface area contributed by atoms with Gasteiger partial charge in [-0.05, 0) is 44.9 Å². The van der Waals surface area contributed by atoms with Crippen LogP contribution in [0.5, 0.6) is 0 Å². The first-order valence-corrected chi connectivity index (χ1v) is 8.91. The van der Waals surface area contributed by atoms with Gasteiger partial charge in [-0.2, -0.15) is 0 Å². The van der Waals surface area contributed by atoms with Gasteiger partial charge >= 0.3 is 0 Å². The van der Waals surface area contributed by atoms with Crippen molar-refractivity contribution < 1.29 is 19.7 Å². The molecule has 3 rings (SSSR count). The molecule has 0 aromatic carbocycles. The van der Waals surface area contributed by atoms with E-state index in [1.807, 2.05) is 0 Å². The van der Waals surface area contributed by atoms with Gasteiger partial charge in [0.2, 0.25) is 0 Å². The molecule has 0 aliphatic heterocycles. The molecule has 3 saturated carbocycles. The molecule has 0 aromatic rings. The number of rotatable bonds is 4. The van der Waals surface area contributed by atoms with E-state index in [1.54, 1.807) is 0 Å². The Bertz CT molecular complexity index is 292. The van der Waals surface area contributed by atoms with Gasteiger partial charge in [0.05, 0.1) is 36.6 Å². The minimum absolute atomic E-state index is 0.00997. The second-order valence-corrected chi connectivity index (χ2v) is 7.06. The van der Waals surface area contributed by atoms with Crippen LogP contribution in [-0.2, 0) is 9.47 Å². The van der Waals surface area contributed by atoms with Crippen molar-refractivity contribution in [2.45, 2.75) is 107 Å². The minimum atomic E-state index is -0.305. The Balaban J connectivity index is 1.52. The van der Waals surface area contributed by atoms with Gasteiger partial charge in [-0.15, -0.1) is 0 Å². The van der Waals surface area contributed by atoms with E-state index in [0.717, 1.165) is 70.6 Å². The van der Waals surface area contributed by atoms with E-state index in [2.05, 4.69) is 0 Å². The fourth-order valence-corrected chi connectivity index (χ4v) is 4.12. The largest absolute Gasteiger partial charge is 0.390 e. The molecular formula is C17H30O4. The molecule has 0 saturated heterocycles. The molecule has 0 heterocycles. The highest BCUT2D eigenvalue weighted by Gasteiger charge is 2.37. The molecule has 122 valence electrons. The normalized spacial score (nSPS) is 44.9. The standard InChI is InChI=1S/C17H30O4/c18-12-6-1-3-8-14(12)20-16-10-5-11-17(16)21-15-9-4-2-7-13(15)19/h12-19H,1-11H2. The fourth-order valence-electron chi connectivity index (χ4n) is 4.12. The third-order valence-corrected chi connectivity index (χ3v) is 5.43. The van der Waals surface area contributed by atoms with Gasteiger partial charge in [0.25, 0.3) is 0 Å². The van der Waals surface area contributed by atoms with E-state index in [1.165, 1.54) is 0 Å². The number of hydrogen-bond donors (Lipinski definition) is 2. The molecule has 6 atom stereocenters. The van der Waals surface area contributed by atoms with Crippen LogP contribution in [0.4, 0.5) is 0 Å². The maximum absolute atomic E-state index is 10.1. The number of ether oxygens (including phenoxy) is 2. The molecule has 0 amide bonds. The minimum Gasteiger partial charge on any atom is -0.390 e. The van der Waals surface area contributed by atoms with Crippen LogP contribution in [0.15, 0.2) is 0 Å². The summed E-state index contributed by atoms with van der Waals surface area (Å²) in [6.07, 6.45) is 11.0. The van der Waals surface area contributed by atoms with Crippen molar-refractivity contribution in [1.29, 1.82) is 0 Å². The predicted molar refractivity (Wildman–Crippen MR) is 80.1 cm³/mol. The van der Waals surface area contributed by atoms with Gasteiger partial charge in [0, 0.05) is 0 Å². The molecule has 0 spiro atoms. The zero-order valence-electron chi connectivity index (χ0n) is 13.0. The van der Waals surface area contributed by atoms with Gasteiger partial charge < -0.3 is 19.7 Å². The lowest BCUT2D eigenvalue weighted by Crippen LogP contribution is -2.42. The van der Waals surface area contributed by atoms with E-state index < -0.39 is 0 Å². The summed E-state index contributed by atoms with van der Waals surface area (Å²) in [7, 11) is 0. The number of hydrogen-bond acceptors (Lipinski definition) is 4. The van der Waals surface area contributed by atoms with Crippen LogP contribution in [-0.4, -0.2) is 46.8 Å². The molecular weight excluding hydrogens is 268 g/mol. The Labute approximate surface area is 127 Å². The van der Waals surface area contributed by atoms with Crippen LogP contribution < -0.4 is 0 Å². The van der Waals surface area contributed by atoms with Crippen LogP contribution in [0.1, 0.15) is 70.6 Å². The lowest BCUT2D eigenvalue weighted by molar-refractivity contribution is -0.162. The summed E-state index contributed by atoms with van der Waals surface area (Å²) < 4.78 is 12.4. The predicted octanol–water partition coefficient (Wildman–Crippen LogP) is 2.55. The van der Waals surface area contributed by atoms with Gasteiger partial charge in [-0.25, -0.2) is 0 Å². The highest BCUT2D eigenvalue weighted by atomic mass is 16.6. The first kappa shape index (κ1) is 15.7. The van der Waals surface area contributed by atoms with Gasteiger partial charge in [0.15, 0.2) is 0 Å². The summed E-state index contributed by atoms with van der Waals surface area (Å²) in [5, 5.41) is 20.1. The first-order valence-electron chi connectivity index (χ1n) is 8.91. The SMILES string of the molecule is OC1CCCCC1OC1CCCC1OC1CCCCC1O.